The smallest absolute Gasteiger partial charge is 0.320 e. The minimum atomic E-state index is -2.99. The zero-order chi connectivity index (χ0) is 21.5. The van der Waals surface area contributed by atoms with Crippen LogP contribution in [-0.4, -0.2) is 84.3 Å². The van der Waals surface area contributed by atoms with E-state index in [1.54, 1.807) is 4.90 Å². The number of hydrogen-bond donors (Lipinski definition) is 0. The van der Waals surface area contributed by atoms with Crippen molar-refractivity contribution in [3.63, 3.8) is 0 Å². The van der Waals surface area contributed by atoms with Crippen LogP contribution in [0.25, 0.3) is 10.9 Å². The third kappa shape index (κ3) is 2.81. The highest BCUT2D eigenvalue weighted by atomic mass is 32.2. The number of aromatic nitrogens is 2. The molecular formula is C22H29N5O3S. The minimum Gasteiger partial charge on any atom is -0.368 e. The number of urea groups is 1. The van der Waals surface area contributed by atoms with Gasteiger partial charge < -0.3 is 14.7 Å². The number of aryl methyl sites for hydroxylation is 1. The van der Waals surface area contributed by atoms with Crippen LogP contribution in [0.4, 0.5) is 10.5 Å². The van der Waals surface area contributed by atoms with Gasteiger partial charge >= 0.3 is 6.03 Å². The first-order valence-corrected chi connectivity index (χ1v) is 13.0. The molecule has 2 amide bonds. The van der Waals surface area contributed by atoms with Crippen LogP contribution in [-0.2, 0) is 16.9 Å². The molecule has 1 spiro atoms. The summed E-state index contributed by atoms with van der Waals surface area (Å²) < 4.78 is 25.4. The number of sulfone groups is 1. The van der Waals surface area contributed by atoms with E-state index in [0.717, 1.165) is 30.3 Å². The number of piperidine rings is 1. The lowest BCUT2D eigenvalue weighted by atomic mass is 9.89. The predicted molar refractivity (Wildman–Crippen MR) is 119 cm³/mol. The number of carbonyl (C=O) groups excluding carboxylic acids is 1. The first-order chi connectivity index (χ1) is 14.8. The van der Waals surface area contributed by atoms with Gasteiger partial charge in [-0.25, -0.2) is 13.2 Å². The van der Waals surface area contributed by atoms with Gasteiger partial charge in [0.15, 0.2) is 9.84 Å². The number of nitrogens with zero attached hydrogens (tertiary/aromatic N) is 5. The highest BCUT2D eigenvalue weighted by molar-refractivity contribution is 7.91. The van der Waals surface area contributed by atoms with E-state index in [0.29, 0.717) is 25.0 Å². The summed E-state index contributed by atoms with van der Waals surface area (Å²) in [6.07, 6.45) is 5.38. The van der Waals surface area contributed by atoms with Gasteiger partial charge in [0.2, 0.25) is 0 Å². The second-order valence-electron chi connectivity index (χ2n) is 9.89. The molecule has 4 atom stereocenters. The molecule has 9 heteroatoms. The molecule has 4 fully saturated rings. The maximum Gasteiger partial charge on any atom is 0.320 e. The van der Waals surface area contributed by atoms with E-state index in [-0.39, 0.29) is 29.0 Å². The van der Waals surface area contributed by atoms with Crippen molar-refractivity contribution in [1.29, 1.82) is 0 Å². The summed E-state index contributed by atoms with van der Waals surface area (Å²) in [5.41, 5.74) is 2.58. The molecule has 1 aromatic heterocycles. The van der Waals surface area contributed by atoms with E-state index in [1.165, 1.54) is 12.1 Å². The van der Waals surface area contributed by atoms with E-state index < -0.39 is 9.84 Å². The van der Waals surface area contributed by atoms with E-state index in [4.69, 9.17) is 0 Å². The number of fused-ring (bicyclic) bond motifs is 2. The van der Waals surface area contributed by atoms with Crippen molar-refractivity contribution in [3.8, 4) is 0 Å². The van der Waals surface area contributed by atoms with Gasteiger partial charge in [-0.05, 0) is 43.4 Å². The molecular weight excluding hydrogens is 414 g/mol. The Morgan fingerprint density at radius 3 is 2.81 bits per heavy atom. The van der Waals surface area contributed by atoms with Gasteiger partial charge in [-0.3, -0.25) is 4.68 Å². The van der Waals surface area contributed by atoms with Crippen molar-refractivity contribution < 1.29 is 13.2 Å². The number of anilines is 1. The largest absolute Gasteiger partial charge is 0.368 e. The molecule has 2 aliphatic carbocycles. The van der Waals surface area contributed by atoms with Crippen LogP contribution in [0.15, 0.2) is 24.4 Å². The third-order valence-electron chi connectivity index (χ3n) is 8.30. The molecule has 1 aromatic carbocycles. The zero-order valence-electron chi connectivity index (χ0n) is 18.1. The van der Waals surface area contributed by atoms with Crippen molar-refractivity contribution in [2.24, 2.45) is 18.4 Å². The van der Waals surface area contributed by atoms with Crippen LogP contribution in [0.1, 0.15) is 19.3 Å². The van der Waals surface area contributed by atoms with Crippen molar-refractivity contribution in [1.82, 2.24) is 19.6 Å². The van der Waals surface area contributed by atoms with Gasteiger partial charge in [0.25, 0.3) is 0 Å². The van der Waals surface area contributed by atoms with Crippen molar-refractivity contribution >= 4 is 32.5 Å². The van der Waals surface area contributed by atoms with Gasteiger partial charge in [-0.15, -0.1) is 0 Å². The Kier molecular flexibility index (Phi) is 3.99. The second kappa shape index (κ2) is 6.37. The fourth-order valence-corrected chi connectivity index (χ4v) is 7.87. The normalized spacial score (nSPS) is 33.4. The van der Waals surface area contributed by atoms with Crippen LogP contribution in [0, 0.1) is 11.3 Å². The molecule has 2 bridgehead atoms. The van der Waals surface area contributed by atoms with Crippen molar-refractivity contribution in [3.05, 3.63) is 24.4 Å². The average Bonchev–Trinajstić information content (AvgIpc) is 3.27. The molecule has 3 unspecified atom stereocenters. The van der Waals surface area contributed by atoms with Crippen LogP contribution < -0.4 is 4.90 Å². The minimum absolute atomic E-state index is 0.00190. The maximum atomic E-state index is 13.2. The van der Waals surface area contributed by atoms with Crippen LogP contribution in [0.2, 0.25) is 0 Å². The van der Waals surface area contributed by atoms with E-state index in [2.05, 4.69) is 28.2 Å². The number of rotatable bonds is 2. The highest BCUT2D eigenvalue weighted by Gasteiger charge is 2.70. The SMILES string of the molecule is CN(C(=O)N1CCS(=O)(=O)CC1)C1C2CCC13C[C@H]3N(c1ccc3c(cnn3C)c1)C2. The Morgan fingerprint density at radius 1 is 1.26 bits per heavy atom. The Bertz CT molecular complexity index is 1160. The standard InChI is InChI=1S/C22H29N5O3S/c1-24(21(28)26-7-9-31(29,30)10-8-26)20-15-5-6-22(20)12-19(22)27(14-15)17-3-4-18-16(11-17)13-23-25(18)2/h3-4,11,13,15,19-20H,5-10,12,14H2,1-2H3/t15?,19-,20?,22?/m1/s1. The molecule has 2 aliphatic heterocycles. The molecule has 0 radical (unpaired) electrons. The molecule has 8 nitrogen and oxygen atoms in total. The lowest BCUT2D eigenvalue weighted by molar-refractivity contribution is 0.110. The lowest BCUT2D eigenvalue weighted by Crippen LogP contribution is -2.57. The second-order valence-corrected chi connectivity index (χ2v) is 12.2. The van der Waals surface area contributed by atoms with Crippen molar-refractivity contribution in [2.45, 2.75) is 31.3 Å². The van der Waals surface area contributed by atoms with Crippen LogP contribution in [0.5, 0.6) is 0 Å². The fraction of sp³-hybridized carbons (Fsp3) is 0.636. The number of hydrogen-bond acceptors (Lipinski definition) is 5. The summed E-state index contributed by atoms with van der Waals surface area (Å²) in [4.78, 5) is 19.5. The average molecular weight is 444 g/mol. The van der Waals surface area contributed by atoms with Gasteiger partial charge in [-0.1, -0.05) is 0 Å². The Morgan fingerprint density at radius 2 is 2.03 bits per heavy atom. The number of amides is 2. The van der Waals surface area contributed by atoms with Gasteiger partial charge in [0.1, 0.15) is 0 Å². The zero-order valence-corrected chi connectivity index (χ0v) is 18.9. The van der Waals surface area contributed by atoms with Crippen molar-refractivity contribution in [2.75, 3.05) is 43.1 Å². The topological polar surface area (TPSA) is 78.8 Å². The summed E-state index contributed by atoms with van der Waals surface area (Å²) >= 11 is 0. The lowest BCUT2D eigenvalue weighted by Gasteiger charge is -2.44. The summed E-state index contributed by atoms with van der Waals surface area (Å²) in [7, 11) is 0.910. The van der Waals surface area contributed by atoms with E-state index >= 15 is 0 Å². The first kappa shape index (κ1) is 19.4. The third-order valence-corrected chi connectivity index (χ3v) is 9.90. The molecule has 166 valence electrons. The van der Waals surface area contributed by atoms with Crippen LogP contribution in [0.3, 0.4) is 0 Å². The monoisotopic (exact) mass is 443 g/mol. The Labute approximate surface area is 182 Å². The Balaban J connectivity index is 1.22. The highest BCUT2D eigenvalue weighted by Crippen LogP contribution is 2.67. The summed E-state index contributed by atoms with van der Waals surface area (Å²) in [5, 5.41) is 5.54. The number of carbonyl (C=O) groups is 1. The molecule has 0 N–H and O–H groups in total. The summed E-state index contributed by atoms with van der Waals surface area (Å²) in [6.45, 7) is 1.60. The number of benzene rings is 1. The predicted octanol–water partition coefficient (Wildman–Crippen LogP) is 1.71. The molecule has 6 rings (SSSR count). The van der Waals surface area contributed by atoms with E-state index in [9.17, 15) is 13.2 Å². The van der Waals surface area contributed by atoms with Gasteiger partial charge in [0, 0.05) is 62.3 Å². The Hall–Kier alpha value is -2.29. The molecule has 4 aliphatic rings. The van der Waals surface area contributed by atoms with Crippen LogP contribution >= 0.6 is 0 Å². The molecule has 2 aromatic rings. The molecule has 2 saturated heterocycles. The summed E-state index contributed by atoms with van der Waals surface area (Å²) in [5.74, 6) is 0.615. The molecule has 2 saturated carbocycles. The molecule has 31 heavy (non-hydrogen) atoms. The summed E-state index contributed by atoms with van der Waals surface area (Å²) in [6, 6.07) is 7.34. The molecule has 3 heterocycles. The fourth-order valence-electron chi connectivity index (χ4n) is 6.67. The van der Waals surface area contributed by atoms with E-state index in [1.807, 2.05) is 29.9 Å². The van der Waals surface area contributed by atoms with Gasteiger partial charge in [0.05, 0.1) is 23.2 Å². The quantitative estimate of drug-likeness (QED) is 0.706. The maximum absolute atomic E-state index is 13.2. The first-order valence-electron chi connectivity index (χ1n) is 11.2. The van der Waals surface area contributed by atoms with Gasteiger partial charge in [-0.2, -0.15) is 5.10 Å².